The van der Waals surface area contributed by atoms with Gasteiger partial charge in [0, 0.05) is 17.0 Å². The largest absolute Gasteiger partial charge is 0.399 e. The number of aliphatic hydroxyl groups is 1. The van der Waals surface area contributed by atoms with Crippen molar-refractivity contribution in [1.82, 2.24) is 0 Å². The summed E-state index contributed by atoms with van der Waals surface area (Å²) >= 11 is 1.64. The van der Waals surface area contributed by atoms with E-state index in [0.29, 0.717) is 23.4 Å². The van der Waals surface area contributed by atoms with Crippen LogP contribution in [-0.2, 0) is 5.60 Å². The SMILES string of the molecule is Nc1ccc(C2(O)CCSC2)c(F)c1. The van der Waals surface area contributed by atoms with E-state index in [1.165, 1.54) is 6.07 Å². The Morgan fingerprint density at radius 2 is 2.29 bits per heavy atom. The van der Waals surface area contributed by atoms with E-state index < -0.39 is 11.4 Å². The summed E-state index contributed by atoms with van der Waals surface area (Å²) in [5.41, 5.74) is 5.21. The standard InChI is InChI=1S/C10H12FNOS/c11-9-5-7(12)1-2-8(9)10(13)3-4-14-6-10/h1-2,5,13H,3-4,6,12H2. The van der Waals surface area contributed by atoms with Gasteiger partial charge in [0.25, 0.3) is 0 Å². The molecule has 1 heterocycles. The van der Waals surface area contributed by atoms with Crippen molar-refractivity contribution in [2.45, 2.75) is 12.0 Å². The zero-order valence-electron chi connectivity index (χ0n) is 7.66. The number of thioether (sulfide) groups is 1. The second-order valence-corrected chi connectivity index (χ2v) is 4.68. The average Bonchev–Trinajstić information content (AvgIpc) is 2.52. The maximum atomic E-state index is 13.5. The van der Waals surface area contributed by atoms with E-state index in [9.17, 15) is 9.50 Å². The Morgan fingerprint density at radius 1 is 1.50 bits per heavy atom. The van der Waals surface area contributed by atoms with Crippen LogP contribution >= 0.6 is 11.8 Å². The summed E-state index contributed by atoms with van der Waals surface area (Å²) in [6, 6.07) is 4.46. The molecule has 4 heteroatoms. The molecule has 1 saturated heterocycles. The second-order valence-electron chi connectivity index (χ2n) is 3.57. The van der Waals surface area contributed by atoms with Crippen LogP contribution in [0.4, 0.5) is 10.1 Å². The van der Waals surface area contributed by atoms with Gasteiger partial charge in [-0.1, -0.05) is 6.07 Å². The molecule has 0 saturated carbocycles. The van der Waals surface area contributed by atoms with Crippen molar-refractivity contribution in [2.24, 2.45) is 0 Å². The molecule has 76 valence electrons. The average molecular weight is 213 g/mol. The smallest absolute Gasteiger partial charge is 0.131 e. The van der Waals surface area contributed by atoms with Crippen LogP contribution < -0.4 is 5.73 Å². The predicted octanol–water partition coefficient (Wildman–Crippen LogP) is 1.73. The van der Waals surface area contributed by atoms with E-state index in [1.54, 1.807) is 23.9 Å². The van der Waals surface area contributed by atoms with Gasteiger partial charge in [-0.25, -0.2) is 4.39 Å². The zero-order chi connectivity index (χ0) is 10.2. The number of hydrogen-bond donors (Lipinski definition) is 2. The number of nitrogens with two attached hydrogens (primary N) is 1. The lowest BCUT2D eigenvalue weighted by molar-refractivity contribution is 0.0619. The fourth-order valence-corrected chi connectivity index (χ4v) is 2.94. The Labute approximate surface area is 86.3 Å². The van der Waals surface area contributed by atoms with Gasteiger partial charge in [0.05, 0.1) is 0 Å². The first-order valence-electron chi connectivity index (χ1n) is 4.47. The first kappa shape index (κ1) is 9.80. The summed E-state index contributed by atoms with van der Waals surface area (Å²) in [5.74, 6) is 1.03. The Kier molecular flexibility index (Phi) is 2.41. The number of halogens is 1. The monoisotopic (exact) mass is 213 g/mol. The van der Waals surface area contributed by atoms with E-state index in [4.69, 9.17) is 5.73 Å². The summed E-state index contributed by atoms with van der Waals surface area (Å²) in [5, 5.41) is 10.1. The molecule has 0 amide bonds. The van der Waals surface area contributed by atoms with Gasteiger partial charge in [-0.3, -0.25) is 0 Å². The normalized spacial score (nSPS) is 26.7. The van der Waals surface area contributed by atoms with Crippen molar-refractivity contribution in [3.63, 3.8) is 0 Å². The summed E-state index contributed by atoms with van der Waals surface area (Å²) in [4.78, 5) is 0. The third kappa shape index (κ3) is 1.60. The molecular formula is C10H12FNOS. The van der Waals surface area contributed by atoms with Crippen LogP contribution in [0, 0.1) is 5.82 Å². The molecule has 1 unspecified atom stereocenters. The minimum Gasteiger partial charge on any atom is -0.399 e. The molecule has 0 aliphatic carbocycles. The van der Waals surface area contributed by atoms with Crippen molar-refractivity contribution in [3.8, 4) is 0 Å². The fraction of sp³-hybridized carbons (Fsp3) is 0.400. The van der Waals surface area contributed by atoms with Crippen LogP contribution in [0.2, 0.25) is 0 Å². The van der Waals surface area contributed by atoms with E-state index >= 15 is 0 Å². The first-order valence-corrected chi connectivity index (χ1v) is 5.63. The molecule has 2 rings (SSSR count). The van der Waals surface area contributed by atoms with Gasteiger partial charge in [0.15, 0.2) is 0 Å². The Bertz CT molecular complexity index is 350. The van der Waals surface area contributed by atoms with E-state index in [1.807, 2.05) is 0 Å². The second kappa shape index (κ2) is 3.44. The maximum Gasteiger partial charge on any atom is 0.131 e. The van der Waals surface area contributed by atoms with Crippen molar-refractivity contribution >= 4 is 17.4 Å². The molecule has 0 aromatic heterocycles. The van der Waals surface area contributed by atoms with E-state index in [-0.39, 0.29) is 0 Å². The highest BCUT2D eigenvalue weighted by atomic mass is 32.2. The minimum absolute atomic E-state index is 0.372. The molecule has 1 aliphatic rings. The quantitative estimate of drug-likeness (QED) is 0.698. The molecule has 1 fully saturated rings. The Morgan fingerprint density at radius 3 is 2.86 bits per heavy atom. The topological polar surface area (TPSA) is 46.2 Å². The molecule has 0 bridgehead atoms. The summed E-state index contributed by atoms with van der Waals surface area (Å²) in [7, 11) is 0. The van der Waals surface area contributed by atoms with Crippen molar-refractivity contribution < 1.29 is 9.50 Å². The molecular weight excluding hydrogens is 201 g/mol. The van der Waals surface area contributed by atoms with Crippen molar-refractivity contribution in [3.05, 3.63) is 29.6 Å². The molecule has 2 nitrogen and oxygen atoms in total. The van der Waals surface area contributed by atoms with Gasteiger partial charge >= 0.3 is 0 Å². The van der Waals surface area contributed by atoms with Crippen LogP contribution in [0.1, 0.15) is 12.0 Å². The highest BCUT2D eigenvalue weighted by Gasteiger charge is 2.35. The van der Waals surface area contributed by atoms with E-state index in [2.05, 4.69) is 0 Å². The maximum absolute atomic E-state index is 13.5. The number of nitrogen functional groups attached to an aromatic ring is 1. The zero-order valence-corrected chi connectivity index (χ0v) is 8.48. The Hall–Kier alpha value is -0.740. The van der Waals surface area contributed by atoms with E-state index in [0.717, 1.165) is 5.75 Å². The molecule has 1 aromatic carbocycles. The number of hydrogen-bond acceptors (Lipinski definition) is 3. The van der Waals surface area contributed by atoms with Crippen LogP contribution in [-0.4, -0.2) is 16.6 Å². The molecule has 14 heavy (non-hydrogen) atoms. The number of benzene rings is 1. The number of rotatable bonds is 1. The molecule has 0 radical (unpaired) electrons. The number of anilines is 1. The molecule has 1 atom stereocenters. The van der Waals surface area contributed by atoms with Gasteiger partial charge in [-0.2, -0.15) is 11.8 Å². The lowest BCUT2D eigenvalue weighted by Gasteiger charge is -2.22. The summed E-state index contributed by atoms with van der Waals surface area (Å²) in [6.07, 6.45) is 0.610. The van der Waals surface area contributed by atoms with Crippen LogP contribution in [0.3, 0.4) is 0 Å². The molecule has 0 spiro atoms. The van der Waals surface area contributed by atoms with Crippen LogP contribution in [0.25, 0.3) is 0 Å². The van der Waals surface area contributed by atoms with Gasteiger partial charge in [-0.05, 0) is 24.3 Å². The van der Waals surface area contributed by atoms with Gasteiger partial charge in [0.1, 0.15) is 11.4 Å². The molecule has 3 N–H and O–H groups in total. The van der Waals surface area contributed by atoms with Crippen LogP contribution in [0.5, 0.6) is 0 Å². The molecule has 1 aromatic rings. The lowest BCUT2D eigenvalue weighted by Crippen LogP contribution is -2.26. The van der Waals surface area contributed by atoms with Crippen LogP contribution in [0.15, 0.2) is 18.2 Å². The third-order valence-corrected chi connectivity index (χ3v) is 3.67. The lowest BCUT2D eigenvalue weighted by atomic mass is 9.93. The summed E-state index contributed by atoms with van der Waals surface area (Å²) in [6.45, 7) is 0. The van der Waals surface area contributed by atoms with Gasteiger partial charge in [-0.15, -0.1) is 0 Å². The molecule has 1 aliphatic heterocycles. The first-order chi connectivity index (χ1) is 6.62. The highest BCUT2D eigenvalue weighted by Crippen LogP contribution is 2.38. The predicted molar refractivity (Wildman–Crippen MR) is 56.7 cm³/mol. The minimum atomic E-state index is -0.998. The fourth-order valence-electron chi connectivity index (χ4n) is 1.68. The highest BCUT2D eigenvalue weighted by molar-refractivity contribution is 7.99. The Balaban J connectivity index is 2.40. The third-order valence-electron chi connectivity index (χ3n) is 2.50. The van der Waals surface area contributed by atoms with Gasteiger partial charge < -0.3 is 10.8 Å². The van der Waals surface area contributed by atoms with Crippen molar-refractivity contribution in [2.75, 3.05) is 17.2 Å². The van der Waals surface area contributed by atoms with Gasteiger partial charge in [0.2, 0.25) is 0 Å². The van der Waals surface area contributed by atoms with Crippen molar-refractivity contribution in [1.29, 1.82) is 0 Å². The summed E-state index contributed by atoms with van der Waals surface area (Å²) < 4.78 is 13.5.